The second-order valence-electron chi connectivity index (χ2n) is 4.28. The molecule has 0 radical (unpaired) electrons. The number of hydrogen-bond donors (Lipinski definition) is 2. The van der Waals surface area contributed by atoms with Crippen LogP contribution in [-0.4, -0.2) is 35.8 Å². The van der Waals surface area contributed by atoms with E-state index in [9.17, 15) is 0 Å². The van der Waals surface area contributed by atoms with Crippen molar-refractivity contribution in [3.05, 3.63) is 23.9 Å². The van der Waals surface area contributed by atoms with Gasteiger partial charge >= 0.3 is 0 Å². The minimum atomic E-state index is 0.148. The number of pyridine rings is 1. The lowest BCUT2D eigenvalue weighted by Crippen LogP contribution is -2.35. The smallest absolute Gasteiger partial charge is 0.133 e. The third-order valence-corrected chi connectivity index (χ3v) is 2.67. The van der Waals surface area contributed by atoms with Gasteiger partial charge in [0.15, 0.2) is 0 Å². The van der Waals surface area contributed by atoms with E-state index < -0.39 is 0 Å². The predicted octanol–water partition coefficient (Wildman–Crippen LogP) is 1.40. The second kappa shape index (κ2) is 7.25. The number of aliphatic hydroxyl groups excluding tert-OH is 1. The molecule has 0 atom stereocenters. The van der Waals surface area contributed by atoms with Crippen LogP contribution in [0.3, 0.4) is 0 Å². The maximum Gasteiger partial charge on any atom is 0.133 e. The van der Waals surface area contributed by atoms with Gasteiger partial charge in [0.2, 0.25) is 0 Å². The molecule has 0 aliphatic carbocycles. The fourth-order valence-electron chi connectivity index (χ4n) is 1.80. The zero-order valence-electron chi connectivity index (χ0n) is 11.0. The third-order valence-electron chi connectivity index (χ3n) is 2.67. The van der Waals surface area contributed by atoms with Gasteiger partial charge in [-0.2, -0.15) is 0 Å². The minimum Gasteiger partial charge on any atom is -0.395 e. The number of anilines is 1. The van der Waals surface area contributed by atoms with Crippen molar-refractivity contribution < 1.29 is 5.11 Å². The largest absolute Gasteiger partial charge is 0.395 e. The highest BCUT2D eigenvalue weighted by Crippen LogP contribution is 2.19. The Morgan fingerprint density at radius 1 is 1.47 bits per heavy atom. The molecule has 1 aromatic rings. The van der Waals surface area contributed by atoms with Crippen LogP contribution in [-0.2, 0) is 6.54 Å². The van der Waals surface area contributed by atoms with Gasteiger partial charge in [0, 0.05) is 30.9 Å². The van der Waals surface area contributed by atoms with Gasteiger partial charge in [-0.3, -0.25) is 0 Å². The first-order valence-electron chi connectivity index (χ1n) is 6.22. The molecule has 1 heterocycles. The summed E-state index contributed by atoms with van der Waals surface area (Å²) in [5.74, 6) is 0.970. The summed E-state index contributed by atoms with van der Waals surface area (Å²) in [6.07, 6.45) is 1.80. The molecule has 0 spiro atoms. The molecule has 0 fully saturated rings. The lowest BCUT2D eigenvalue weighted by atomic mass is 10.2. The van der Waals surface area contributed by atoms with Crippen molar-refractivity contribution in [2.45, 2.75) is 33.4 Å². The van der Waals surface area contributed by atoms with Crippen molar-refractivity contribution in [2.75, 3.05) is 24.6 Å². The van der Waals surface area contributed by atoms with E-state index in [1.807, 2.05) is 6.07 Å². The lowest BCUT2D eigenvalue weighted by Gasteiger charge is -2.29. The first-order valence-corrected chi connectivity index (χ1v) is 6.22. The van der Waals surface area contributed by atoms with Crippen molar-refractivity contribution in [3.63, 3.8) is 0 Å². The van der Waals surface area contributed by atoms with Gasteiger partial charge in [0.25, 0.3) is 0 Å². The van der Waals surface area contributed by atoms with Crippen molar-refractivity contribution >= 4 is 5.82 Å². The van der Waals surface area contributed by atoms with Crippen LogP contribution < -0.4 is 10.2 Å². The molecule has 4 heteroatoms. The first-order chi connectivity index (χ1) is 8.20. The molecule has 4 nitrogen and oxygen atoms in total. The molecular weight excluding hydrogens is 214 g/mol. The molecule has 0 aromatic carbocycles. The molecule has 0 saturated carbocycles. The molecule has 2 N–H and O–H groups in total. The zero-order chi connectivity index (χ0) is 12.7. The van der Waals surface area contributed by atoms with Crippen LogP contribution in [0.4, 0.5) is 5.82 Å². The van der Waals surface area contributed by atoms with Gasteiger partial charge in [-0.1, -0.05) is 13.0 Å². The van der Waals surface area contributed by atoms with Crippen LogP contribution in [0.15, 0.2) is 18.3 Å². The van der Waals surface area contributed by atoms with Crippen LogP contribution in [0.1, 0.15) is 26.3 Å². The molecule has 0 bridgehead atoms. The normalized spacial score (nSPS) is 10.9. The van der Waals surface area contributed by atoms with Gasteiger partial charge in [-0.05, 0) is 26.5 Å². The van der Waals surface area contributed by atoms with E-state index in [1.54, 1.807) is 6.20 Å². The van der Waals surface area contributed by atoms with Gasteiger partial charge in [0.1, 0.15) is 5.82 Å². The monoisotopic (exact) mass is 237 g/mol. The molecule has 17 heavy (non-hydrogen) atoms. The molecule has 0 saturated heterocycles. The van der Waals surface area contributed by atoms with Gasteiger partial charge in [-0.15, -0.1) is 0 Å². The Kier molecular flexibility index (Phi) is 5.94. The molecule has 0 aliphatic heterocycles. The molecule has 0 amide bonds. The van der Waals surface area contributed by atoms with E-state index in [0.29, 0.717) is 12.6 Å². The summed E-state index contributed by atoms with van der Waals surface area (Å²) in [5.41, 5.74) is 1.18. The first kappa shape index (κ1) is 13.9. The zero-order valence-corrected chi connectivity index (χ0v) is 11.0. The molecule has 1 rings (SSSR count). The highest BCUT2D eigenvalue weighted by atomic mass is 16.3. The van der Waals surface area contributed by atoms with Crippen molar-refractivity contribution in [1.82, 2.24) is 10.3 Å². The Labute approximate surface area is 104 Å². The Hall–Kier alpha value is -1.13. The average molecular weight is 237 g/mol. The van der Waals surface area contributed by atoms with Crippen LogP contribution in [0.2, 0.25) is 0 Å². The number of aromatic nitrogens is 1. The summed E-state index contributed by atoms with van der Waals surface area (Å²) in [6, 6.07) is 4.36. The van der Waals surface area contributed by atoms with Crippen LogP contribution in [0, 0.1) is 0 Å². The number of rotatable bonds is 7. The third kappa shape index (κ3) is 3.98. The number of aliphatic hydroxyl groups is 1. The van der Waals surface area contributed by atoms with E-state index in [1.165, 1.54) is 5.56 Å². The van der Waals surface area contributed by atoms with Gasteiger partial charge < -0.3 is 15.3 Å². The second-order valence-corrected chi connectivity index (χ2v) is 4.28. The molecular formula is C13H23N3O. The maximum atomic E-state index is 9.13. The highest BCUT2D eigenvalue weighted by Gasteiger charge is 2.14. The molecule has 1 aromatic heterocycles. The Morgan fingerprint density at radius 2 is 2.24 bits per heavy atom. The van der Waals surface area contributed by atoms with Crippen molar-refractivity contribution in [2.24, 2.45) is 0 Å². The maximum absolute atomic E-state index is 9.13. The summed E-state index contributed by atoms with van der Waals surface area (Å²) in [6.45, 7) is 8.83. The van der Waals surface area contributed by atoms with Gasteiger partial charge in [-0.25, -0.2) is 4.98 Å². The minimum absolute atomic E-state index is 0.148. The van der Waals surface area contributed by atoms with Crippen molar-refractivity contribution in [3.8, 4) is 0 Å². The van der Waals surface area contributed by atoms with E-state index in [2.05, 4.69) is 42.0 Å². The van der Waals surface area contributed by atoms with E-state index in [4.69, 9.17) is 5.11 Å². The van der Waals surface area contributed by atoms with E-state index in [-0.39, 0.29) is 6.61 Å². The average Bonchev–Trinajstić information content (AvgIpc) is 2.33. The molecule has 0 unspecified atom stereocenters. The van der Waals surface area contributed by atoms with E-state index in [0.717, 1.165) is 18.9 Å². The number of nitrogens with one attached hydrogen (secondary N) is 1. The Bertz CT molecular complexity index is 328. The predicted molar refractivity (Wildman–Crippen MR) is 71.2 cm³/mol. The van der Waals surface area contributed by atoms with Crippen LogP contribution in [0.25, 0.3) is 0 Å². The topological polar surface area (TPSA) is 48.4 Å². The number of nitrogens with zero attached hydrogens (tertiary/aromatic N) is 2. The molecule has 96 valence electrons. The summed E-state index contributed by atoms with van der Waals surface area (Å²) < 4.78 is 0. The summed E-state index contributed by atoms with van der Waals surface area (Å²) >= 11 is 0. The SMILES string of the molecule is CCNCc1cccnc1N(CCO)C(C)C. The standard InChI is InChI=1S/C13H23N3O/c1-4-14-10-12-6-5-7-15-13(12)16(8-9-17)11(2)3/h5-7,11,14,17H,4,8-10H2,1-3H3. The Morgan fingerprint density at radius 3 is 2.82 bits per heavy atom. The highest BCUT2D eigenvalue weighted by molar-refractivity contribution is 5.47. The van der Waals surface area contributed by atoms with Crippen LogP contribution >= 0.6 is 0 Å². The molecule has 0 aliphatic rings. The fourth-order valence-corrected chi connectivity index (χ4v) is 1.80. The number of hydrogen-bond acceptors (Lipinski definition) is 4. The quantitative estimate of drug-likeness (QED) is 0.752. The van der Waals surface area contributed by atoms with Crippen molar-refractivity contribution in [1.29, 1.82) is 0 Å². The lowest BCUT2D eigenvalue weighted by molar-refractivity contribution is 0.298. The summed E-state index contributed by atoms with van der Waals surface area (Å²) in [7, 11) is 0. The fraction of sp³-hybridized carbons (Fsp3) is 0.615. The summed E-state index contributed by atoms with van der Waals surface area (Å²) in [5, 5.41) is 12.4. The van der Waals surface area contributed by atoms with Gasteiger partial charge in [0.05, 0.1) is 6.61 Å². The Balaban J connectivity index is 2.92. The summed E-state index contributed by atoms with van der Waals surface area (Å²) in [4.78, 5) is 6.58. The van der Waals surface area contributed by atoms with E-state index >= 15 is 0 Å². The van der Waals surface area contributed by atoms with Crippen LogP contribution in [0.5, 0.6) is 0 Å².